The molecule has 1 aliphatic heterocycles. The number of aromatic nitrogens is 4. The zero-order valence-corrected chi connectivity index (χ0v) is 26.8. The summed E-state index contributed by atoms with van der Waals surface area (Å²) in [5.41, 5.74) is 8.13. The van der Waals surface area contributed by atoms with E-state index in [0.29, 0.717) is 61.6 Å². The Bertz CT molecular complexity index is 1440. The lowest BCUT2D eigenvalue weighted by molar-refractivity contribution is 0.00502. The first-order chi connectivity index (χ1) is 22.6. The predicted molar refractivity (Wildman–Crippen MR) is 176 cm³/mol. The van der Waals surface area contributed by atoms with E-state index in [1.807, 2.05) is 36.9 Å². The van der Waals surface area contributed by atoms with Crippen LogP contribution in [0, 0.1) is 11.3 Å². The van der Waals surface area contributed by atoms with Crippen LogP contribution < -0.4 is 20.5 Å². The standard InChI is InChI=1S/C33H45N9O4/c1-3-43-13-4-14-45-32-30(22-42(40-32)29-9-7-28(8-10-29)41-11-15-44-16-12-41)39-33-37-20-27(21-38-33)25-5-6-26(18-34)31(17-25)46-24(2)19-36-23-35/h5-6,17,20-24,28-29H,3-4,7-16,19H2,1-2H3,(H2,35,36)(H,37,38,39)/t24-,28?,29?/m0/s1. The zero-order chi connectivity index (χ0) is 32.1. The van der Waals surface area contributed by atoms with E-state index in [1.165, 1.54) is 6.34 Å². The van der Waals surface area contributed by atoms with Gasteiger partial charge in [-0.1, -0.05) is 6.07 Å². The van der Waals surface area contributed by atoms with E-state index in [-0.39, 0.29) is 6.10 Å². The van der Waals surface area contributed by atoms with Crippen LogP contribution in [0.5, 0.6) is 11.6 Å². The van der Waals surface area contributed by atoms with E-state index in [2.05, 4.69) is 31.2 Å². The number of morpholine rings is 1. The first-order valence-electron chi connectivity index (χ1n) is 16.2. The normalized spacial score (nSPS) is 19.5. The number of anilines is 2. The van der Waals surface area contributed by atoms with E-state index in [9.17, 15) is 5.26 Å². The highest BCUT2D eigenvalue weighted by atomic mass is 16.5. The molecular formula is C33H45N9O4. The molecule has 1 aliphatic carbocycles. The fourth-order valence-corrected chi connectivity index (χ4v) is 5.88. The monoisotopic (exact) mass is 631 g/mol. The largest absolute Gasteiger partial charge is 0.487 e. The van der Waals surface area contributed by atoms with Crippen LogP contribution in [0.1, 0.15) is 57.6 Å². The molecule has 1 aromatic carbocycles. The van der Waals surface area contributed by atoms with Crippen molar-refractivity contribution < 1.29 is 18.9 Å². The molecule has 2 fully saturated rings. The Balaban J connectivity index is 1.27. The summed E-state index contributed by atoms with van der Waals surface area (Å²) in [7, 11) is 0. The molecule has 13 nitrogen and oxygen atoms in total. The molecule has 1 saturated carbocycles. The number of benzene rings is 1. The van der Waals surface area contributed by atoms with Crippen molar-refractivity contribution in [3.8, 4) is 28.8 Å². The minimum absolute atomic E-state index is 0.249. The minimum Gasteiger partial charge on any atom is -0.487 e. The number of aliphatic imine (C=N–C) groups is 1. The molecular weight excluding hydrogens is 586 g/mol. The molecule has 5 rings (SSSR count). The number of ether oxygens (including phenoxy) is 4. The smallest absolute Gasteiger partial charge is 0.256 e. The lowest BCUT2D eigenvalue weighted by atomic mass is 9.90. The summed E-state index contributed by atoms with van der Waals surface area (Å²) in [4.78, 5) is 15.8. The summed E-state index contributed by atoms with van der Waals surface area (Å²) in [6.45, 7) is 9.76. The van der Waals surface area contributed by atoms with Crippen molar-refractivity contribution in [1.29, 1.82) is 5.26 Å². The van der Waals surface area contributed by atoms with Gasteiger partial charge in [-0.25, -0.2) is 9.97 Å². The lowest BCUT2D eigenvalue weighted by Gasteiger charge is -2.38. The molecule has 3 heterocycles. The highest BCUT2D eigenvalue weighted by molar-refractivity contribution is 5.67. The van der Waals surface area contributed by atoms with Crippen LogP contribution in [0.2, 0.25) is 0 Å². The summed E-state index contributed by atoms with van der Waals surface area (Å²) in [6.07, 6.45) is 11.7. The number of nitrogens with zero attached hydrogens (tertiary/aromatic N) is 7. The predicted octanol–water partition coefficient (Wildman–Crippen LogP) is 4.33. The summed E-state index contributed by atoms with van der Waals surface area (Å²) < 4.78 is 25.2. The first kappa shape index (κ1) is 33.1. The second kappa shape index (κ2) is 16.9. The number of hydrogen-bond donors (Lipinski definition) is 2. The van der Waals surface area contributed by atoms with Gasteiger partial charge in [0.25, 0.3) is 5.88 Å². The molecule has 0 radical (unpaired) electrons. The lowest BCUT2D eigenvalue weighted by Crippen LogP contribution is -2.45. The Morgan fingerprint density at radius 2 is 1.89 bits per heavy atom. The van der Waals surface area contributed by atoms with Crippen molar-refractivity contribution >= 4 is 18.0 Å². The van der Waals surface area contributed by atoms with Gasteiger partial charge in [-0.05, 0) is 57.2 Å². The van der Waals surface area contributed by atoms with Crippen LogP contribution in [0.3, 0.4) is 0 Å². The molecule has 13 heteroatoms. The fourth-order valence-electron chi connectivity index (χ4n) is 5.88. The molecule has 0 bridgehead atoms. The van der Waals surface area contributed by atoms with Crippen LogP contribution >= 0.6 is 0 Å². The van der Waals surface area contributed by atoms with E-state index in [0.717, 1.165) is 75.2 Å². The third-order valence-corrected chi connectivity index (χ3v) is 8.31. The van der Waals surface area contributed by atoms with Crippen molar-refractivity contribution in [3.05, 3.63) is 42.4 Å². The molecule has 0 amide bonds. The third-order valence-electron chi connectivity index (χ3n) is 8.31. The summed E-state index contributed by atoms with van der Waals surface area (Å²) >= 11 is 0. The molecule has 0 spiro atoms. The van der Waals surface area contributed by atoms with E-state index >= 15 is 0 Å². The van der Waals surface area contributed by atoms with Crippen molar-refractivity contribution in [1.82, 2.24) is 24.6 Å². The highest BCUT2D eigenvalue weighted by Crippen LogP contribution is 2.35. The average molecular weight is 632 g/mol. The number of nitriles is 1. The van der Waals surface area contributed by atoms with Crippen molar-refractivity contribution in [3.63, 3.8) is 0 Å². The molecule has 3 aromatic rings. The SMILES string of the molecule is CCOCCCOc1nn(C2CCC(N3CCOCC3)CC2)cc1Nc1ncc(-c2ccc(C#N)c(O[C@@H](C)CN=CN)c2)cn1. The van der Waals surface area contributed by atoms with Gasteiger partial charge in [-0.15, -0.1) is 5.10 Å². The van der Waals surface area contributed by atoms with Crippen LogP contribution in [0.4, 0.5) is 11.6 Å². The van der Waals surface area contributed by atoms with Gasteiger partial charge < -0.3 is 30.0 Å². The summed E-state index contributed by atoms with van der Waals surface area (Å²) in [6, 6.07) is 8.50. The topological polar surface area (TPSA) is 158 Å². The van der Waals surface area contributed by atoms with Gasteiger partial charge in [0.2, 0.25) is 5.95 Å². The van der Waals surface area contributed by atoms with Crippen molar-refractivity contribution in [2.24, 2.45) is 10.7 Å². The Hall–Kier alpha value is -4.25. The molecule has 46 heavy (non-hydrogen) atoms. The summed E-state index contributed by atoms with van der Waals surface area (Å²) in [5, 5.41) is 17.8. The van der Waals surface area contributed by atoms with Crippen LogP contribution in [0.25, 0.3) is 11.1 Å². The molecule has 246 valence electrons. The molecule has 3 N–H and O–H groups in total. The number of rotatable bonds is 15. The van der Waals surface area contributed by atoms with Crippen LogP contribution in [-0.4, -0.2) is 95.8 Å². The van der Waals surface area contributed by atoms with Crippen LogP contribution in [0.15, 0.2) is 41.8 Å². The van der Waals surface area contributed by atoms with Gasteiger partial charge in [-0.3, -0.25) is 14.6 Å². The average Bonchev–Trinajstić information content (AvgIpc) is 3.50. The molecule has 0 unspecified atom stereocenters. The van der Waals surface area contributed by atoms with E-state index in [1.54, 1.807) is 18.5 Å². The van der Waals surface area contributed by atoms with Crippen LogP contribution in [-0.2, 0) is 9.47 Å². The Morgan fingerprint density at radius 3 is 2.61 bits per heavy atom. The van der Waals surface area contributed by atoms with Gasteiger partial charge in [-0.2, -0.15) is 5.26 Å². The molecule has 2 aromatic heterocycles. The summed E-state index contributed by atoms with van der Waals surface area (Å²) in [5.74, 6) is 1.43. The fraction of sp³-hybridized carbons (Fsp3) is 0.545. The quantitative estimate of drug-likeness (QED) is 0.140. The van der Waals surface area contributed by atoms with Gasteiger partial charge >= 0.3 is 0 Å². The number of nitrogens with one attached hydrogen (secondary N) is 1. The third kappa shape index (κ3) is 8.93. The van der Waals surface area contributed by atoms with E-state index in [4.69, 9.17) is 29.8 Å². The minimum atomic E-state index is -0.249. The maximum Gasteiger partial charge on any atom is 0.256 e. The molecule has 2 aliphatic rings. The van der Waals surface area contributed by atoms with Crippen molar-refractivity contribution in [2.75, 3.05) is 58.0 Å². The molecule has 1 atom stereocenters. The van der Waals surface area contributed by atoms with Crippen molar-refractivity contribution in [2.45, 2.75) is 64.1 Å². The zero-order valence-electron chi connectivity index (χ0n) is 26.8. The molecule has 1 saturated heterocycles. The van der Waals surface area contributed by atoms with Gasteiger partial charge in [0.1, 0.15) is 23.6 Å². The number of nitrogens with two attached hydrogens (primary N) is 1. The Labute approximate surface area is 270 Å². The van der Waals surface area contributed by atoms with Gasteiger partial charge in [0.15, 0.2) is 0 Å². The second-order valence-corrected chi connectivity index (χ2v) is 11.5. The Kier molecular flexibility index (Phi) is 12.2. The second-order valence-electron chi connectivity index (χ2n) is 11.5. The first-order valence-corrected chi connectivity index (χ1v) is 16.2. The maximum atomic E-state index is 9.57. The highest BCUT2D eigenvalue weighted by Gasteiger charge is 2.29. The van der Waals surface area contributed by atoms with E-state index < -0.39 is 0 Å². The Morgan fingerprint density at radius 1 is 1.13 bits per heavy atom. The maximum absolute atomic E-state index is 9.57. The number of hydrogen-bond acceptors (Lipinski definition) is 11. The van der Waals surface area contributed by atoms with Gasteiger partial charge in [0.05, 0.1) is 50.5 Å². The van der Waals surface area contributed by atoms with Gasteiger partial charge in [0, 0.05) is 56.7 Å².